The van der Waals surface area contributed by atoms with Crippen molar-refractivity contribution in [2.24, 2.45) is 5.10 Å². The van der Waals surface area contributed by atoms with Gasteiger partial charge < -0.3 is 15.4 Å². The molecular weight excluding hydrogens is 444 g/mol. The highest BCUT2D eigenvalue weighted by molar-refractivity contribution is 6.39. The van der Waals surface area contributed by atoms with Gasteiger partial charge in [-0.05, 0) is 73.4 Å². The van der Waals surface area contributed by atoms with Gasteiger partial charge in [-0.15, -0.1) is 0 Å². The summed E-state index contributed by atoms with van der Waals surface area (Å²) in [7, 11) is 0. The minimum absolute atomic E-state index is 0.0395. The van der Waals surface area contributed by atoms with Gasteiger partial charge in [0.1, 0.15) is 5.75 Å². The fraction of sp³-hybridized carbons (Fsp3) is 0.333. The van der Waals surface area contributed by atoms with Crippen molar-refractivity contribution in [3.8, 4) is 5.75 Å². The Morgan fingerprint density at radius 3 is 2.48 bits per heavy atom. The quantitative estimate of drug-likeness (QED) is 0.326. The summed E-state index contributed by atoms with van der Waals surface area (Å²) in [5, 5.41) is 9.85. The molecule has 1 aliphatic rings. The topological polar surface area (TPSA) is 109 Å². The molecule has 3 N–H and O–H groups in total. The summed E-state index contributed by atoms with van der Waals surface area (Å²) in [5.41, 5.74) is 4.10. The van der Waals surface area contributed by atoms with Gasteiger partial charge in [0, 0.05) is 16.8 Å². The van der Waals surface area contributed by atoms with Gasteiger partial charge in [-0.3, -0.25) is 14.4 Å². The lowest BCUT2D eigenvalue weighted by molar-refractivity contribution is -0.136. The third-order valence-electron chi connectivity index (χ3n) is 5.24. The van der Waals surface area contributed by atoms with E-state index in [0.717, 1.165) is 31.2 Å². The van der Waals surface area contributed by atoms with Gasteiger partial charge in [-0.25, -0.2) is 5.43 Å². The van der Waals surface area contributed by atoms with Crippen LogP contribution in [-0.2, 0) is 14.4 Å². The van der Waals surface area contributed by atoms with Gasteiger partial charge >= 0.3 is 11.8 Å². The summed E-state index contributed by atoms with van der Waals surface area (Å²) >= 11 is 5.88. The minimum Gasteiger partial charge on any atom is -0.484 e. The molecule has 0 saturated heterocycles. The molecule has 0 aromatic heterocycles. The second-order valence-electron chi connectivity index (χ2n) is 7.87. The summed E-state index contributed by atoms with van der Waals surface area (Å²) in [4.78, 5) is 36.0. The fourth-order valence-electron chi connectivity index (χ4n) is 3.48. The Kier molecular flexibility index (Phi) is 8.83. The van der Waals surface area contributed by atoms with Crippen molar-refractivity contribution in [2.45, 2.75) is 45.1 Å². The highest BCUT2D eigenvalue weighted by Crippen LogP contribution is 2.19. The maximum atomic E-state index is 12.0. The molecule has 2 aromatic carbocycles. The average Bonchev–Trinajstić information content (AvgIpc) is 2.81. The zero-order valence-electron chi connectivity index (χ0n) is 18.4. The van der Waals surface area contributed by atoms with Crippen LogP contribution < -0.4 is 20.8 Å². The maximum Gasteiger partial charge on any atom is 0.329 e. The normalized spacial score (nSPS) is 14.0. The lowest BCUT2D eigenvalue weighted by Gasteiger charge is -2.22. The van der Waals surface area contributed by atoms with Crippen LogP contribution in [-0.4, -0.2) is 36.6 Å². The molecule has 0 radical (unpaired) electrons. The van der Waals surface area contributed by atoms with Crippen molar-refractivity contribution >= 4 is 41.2 Å². The Morgan fingerprint density at radius 2 is 1.79 bits per heavy atom. The van der Waals surface area contributed by atoms with E-state index in [4.69, 9.17) is 16.3 Å². The van der Waals surface area contributed by atoms with Crippen LogP contribution in [0.5, 0.6) is 5.75 Å². The molecule has 2 aromatic rings. The van der Waals surface area contributed by atoms with Crippen LogP contribution in [0.3, 0.4) is 0 Å². The molecule has 174 valence electrons. The van der Waals surface area contributed by atoms with Gasteiger partial charge in [0.25, 0.3) is 5.91 Å². The number of hydrogen-bond donors (Lipinski definition) is 3. The molecule has 0 atom stereocenters. The SMILES string of the molecule is Cc1cc(Cl)ccc1NC(=O)C(=O)N/N=C\c1ccc(OCC(=O)NC2CCCCC2)cc1. The summed E-state index contributed by atoms with van der Waals surface area (Å²) < 4.78 is 5.52. The molecule has 1 saturated carbocycles. The van der Waals surface area contributed by atoms with E-state index in [1.807, 2.05) is 0 Å². The first-order valence-electron chi connectivity index (χ1n) is 10.8. The predicted molar refractivity (Wildman–Crippen MR) is 128 cm³/mol. The lowest BCUT2D eigenvalue weighted by Crippen LogP contribution is -2.38. The van der Waals surface area contributed by atoms with E-state index in [1.54, 1.807) is 49.4 Å². The van der Waals surface area contributed by atoms with Crippen LogP contribution in [0.25, 0.3) is 0 Å². The van der Waals surface area contributed by atoms with Crippen LogP contribution in [0.1, 0.15) is 43.2 Å². The number of anilines is 1. The third kappa shape index (κ3) is 7.91. The van der Waals surface area contributed by atoms with Crippen LogP contribution in [0, 0.1) is 6.92 Å². The fourth-order valence-corrected chi connectivity index (χ4v) is 3.70. The number of aryl methyl sites for hydroxylation is 1. The Bertz CT molecular complexity index is 1020. The van der Waals surface area contributed by atoms with E-state index in [9.17, 15) is 14.4 Å². The van der Waals surface area contributed by atoms with Crippen molar-refractivity contribution in [1.29, 1.82) is 0 Å². The number of nitrogens with zero attached hydrogens (tertiary/aromatic N) is 1. The number of carbonyl (C=O) groups excluding carboxylic acids is 3. The number of amides is 3. The van der Waals surface area contributed by atoms with Crippen LogP contribution in [0.15, 0.2) is 47.6 Å². The number of rotatable bonds is 7. The smallest absolute Gasteiger partial charge is 0.329 e. The standard InChI is InChI=1S/C24H27ClN4O4/c1-16-13-18(25)9-12-21(16)28-23(31)24(32)29-26-14-17-7-10-20(11-8-17)33-15-22(30)27-19-5-3-2-4-6-19/h7-14,19H,2-6,15H2,1H3,(H,27,30)(H,28,31)(H,29,32)/b26-14-. The molecule has 33 heavy (non-hydrogen) atoms. The third-order valence-corrected chi connectivity index (χ3v) is 5.48. The molecule has 3 rings (SSSR count). The number of nitrogens with one attached hydrogen (secondary N) is 3. The summed E-state index contributed by atoms with van der Waals surface area (Å²) in [6, 6.07) is 12.0. The molecule has 1 aliphatic carbocycles. The van der Waals surface area contributed by atoms with Crippen molar-refractivity contribution in [1.82, 2.24) is 10.7 Å². The van der Waals surface area contributed by atoms with Gasteiger partial charge in [0.05, 0.1) is 6.21 Å². The molecule has 1 fully saturated rings. The van der Waals surface area contributed by atoms with E-state index < -0.39 is 11.8 Å². The van der Waals surface area contributed by atoms with Gasteiger partial charge in [0.15, 0.2) is 6.61 Å². The monoisotopic (exact) mass is 470 g/mol. The average molecular weight is 471 g/mol. The summed E-state index contributed by atoms with van der Waals surface area (Å²) in [6.45, 7) is 1.73. The molecule has 8 nitrogen and oxygen atoms in total. The Labute approximate surface area is 197 Å². The molecule has 9 heteroatoms. The first-order chi connectivity index (χ1) is 15.9. The molecule has 0 heterocycles. The Balaban J connectivity index is 1.41. The zero-order valence-corrected chi connectivity index (χ0v) is 19.2. The van der Waals surface area contributed by atoms with Crippen molar-refractivity contribution in [2.75, 3.05) is 11.9 Å². The first kappa shape index (κ1) is 24.3. The molecule has 0 unspecified atom stereocenters. The molecule has 0 aliphatic heterocycles. The summed E-state index contributed by atoms with van der Waals surface area (Å²) in [5.74, 6) is -1.31. The molecular formula is C24H27ClN4O4. The van der Waals surface area contributed by atoms with E-state index in [0.29, 0.717) is 22.0 Å². The molecule has 3 amide bonds. The number of benzene rings is 2. The first-order valence-corrected chi connectivity index (χ1v) is 11.2. The van der Waals surface area contributed by atoms with Crippen molar-refractivity contribution in [3.63, 3.8) is 0 Å². The largest absolute Gasteiger partial charge is 0.484 e. The predicted octanol–water partition coefficient (Wildman–Crippen LogP) is 3.56. The second kappa shape index (κ2) is 12.0. The lowest BCUT2D eigenvalue weighted by atomic mass is 9.95. The van der Waals surface area contributed by atoms with Gasteiger partial charge in [0.2, 0.25) is 0 Å². The number of hydrogen-bond acceptors (Lipinski definition) is 5. The van der Waals surface area contributed by atoms with E-state index in [1.165, 1.54) is 12.6 Å². The second-order valence-corrected chi connectivity index (χ2v) is 8.31. The Hall–Kier alpha value is -3.39. The number of ether oxygens (including phenoxy) is 1. The van der Waals surface area contributed by atoms with Crippen LogP contribution >= 0.6 is 11.6 Å². The highest BCUT2D eigenvalue weighted by atomic mass is 35.5. The van der Waals surface area contributed by atoms with E-state index in [-0.39, 0.29) is 18.6 Å². The number of halogens is 1. The number of hydrazone groups is 1. The Morgan fingerprint density at radius 1 is 1.06 bits per heavy atom. The van der Waals surface area contributed by atoms with E-state index >= 15 is 0 Å². The summed E-state index contributed by atoms with van der Waals surface area (Å²) in [6.07, 6.45) is 7.00. The van der Waals surface area contributed by atoms with E-state index in [2.05, 4.69) is 21.2 Å². The maximum absolute atomic E-state index is 12.0. The van der Waals surface area contributed by atoms with Gasteiger partial charge in [-0.2, -0.15) is 5.10 Å². The zero-order chi connectivity index (χ0) is 23.6. The molecule has 0 spiro atoms. The van der Waals surface area contributed by atoms with Crippen molar-refractivity contribution < 1.29 is 19.1 Å². The minimum atomic E-state index is -0.899. The highest BCUT2D eigenvalue weighted by Gasteiger charge is 2.16. The van der Waals surface area contributed by atoms with Crippen molar-refractivity contribution in [3.05, 3.63) is 58.6 Å². The number of carbonyl (C=O) groups is 3. The van der Waals surface area contributed by atoms with Crippen LogP contribution in [0.4, 0.5) is 5.69 Å². The molecule has 0 bridgehead atoms. The van der Waals surface area contributed by atoms with Gasteiger partial charge in [-0.1, -0.05) is 30.9 Å². The van der Waals surface area contributed by atoms with Crippen LogP contribution in [0.2, 0.25) is 5.02 Å².